The lowest BCUT2D eigenvalue weighted by molar-refractivity contribution is 0.102. The molecule has 6 heteroatoms. The van der Waals surface area contributed by atoms with Crippen molar-refractivity contribution < 1.29 is 9.21 Å². The molecule has 0 saturated heterocycles. The Labute approximate surface area is 139 Å². The first kappa shape index (κ1) is 14.7. The van der Waals surface area contributed by atoms with Crippen molar-refractivity contribution in [2.45, 2.75) is 32.6 Å². The quantitative estimate of drug-likeness (QED) is 0.765. The van der Waals surface area contributed by atoms with E-state index in [1.807, 2.05) is 32.0 Å². The molecule has 2 N–H and O–H groups in total. The van der Waals surface area contributed by atoms with Gasteiger partial charge < -0.3 is 9.73 Å². The standard InChI is InChI=1S/C18H18N4O2/c1-10-3-6-13(7-14(10)18-20-11(2)9-24-18)21-17(23)15-8-19-22-16(15)12-4-5-12/h3,6-9,12H,4-5H2,1-2H3,(H,19,22)(H,21,23). The van der Waals surface area contributed by atoms with Gasteiger partial charge in [-0.1, -0.05) is 6.07 Å². The molecule has 4 rings (SSSR count). The van der Waals surface area contributed by atoms with Gasteiger partial charge >= 0.3 is 0 Å². The van der Waals surface area contributed by atoms with Gasteiger partial charge in [0.2, 0.25) is 5.89 Å². The van der Waals surface area contributed by atoms with Gasteiger partial charge in [0.25, 0.3) is 5.91 Å². The summed E-state index contributed by atoms with van der Waals surface area (Å²) >= 11 is 0. The zero-order chi connectivity index (χ0) is 16.7. The first-order valence-corrected chi connectivity index (χ1v) is 7.99. The highest BCUT2D eigenvalue weighted by Crippen LogP contribution is 2.40. The number of anilines is 1. The third-order valence-electron chi connectivity index (χ3n) is 4.24. The lowest BCUT2D eigenvalue weighted by Gasteiger charge is -2.08. The Morgan fingerprint density at radius 3 is 2.88 bits per heavy atom. The molecule has 0 spiro atoms. The van der Waals surface area contributed by atoms with Crippen LogP contribution < -0.4 is 5.32 Å². The maximum Gasteiger partial charge on any atom is 0.259 e. The predicted molar refractivity (Wildman–Crippen MR) is 89.9 cm³/mol. The maximum atomic E-state index is 12.6. The molecule has 2 heterocycles. The highest BCUT2D eigenvalue weighted by Gasteiger charge is 2.30. The molecular weight excluding hydrogens is 304 g/mol. The number of hydrogen-bond donors (Lipinski definition) is 2. The Balaban J connectivity index is 1.60. The van der Waals surface area contributed by atoms with Crippen LogP contribution in [0.2, 0.25) is 0 Å². The molecule has 6 nitrogen and oxygen atoms in total. The minimum atomic E-state index is -0.149. The summed E-state index contributed by atoms with van der Waals surface area (Å²) in [6.45, 7) is 3.87. The SMILES string of the molecule is Cc1coc(-c2cc(NC(=O)c3cn[nH]c3C3CC3)ccc2C)n1. The number of nitrogens with one attached hydrogen (secondary N) is 2. The molecule has 1 saturated carbocycles. The fourth-order valence-electron chi connectivity index (χ4n) is 2.77. The van der Waals surface area contributed by atoms with Crippen LogP contribution in [0.5, 0.6) is 0 Å². The molecule has 1 amide bonds. The van der Waals surface area contributed by atoms with Crippen molar-refractivity contribution in [3.05, 3.63) is 53.2 Å². The van der Waals surface area contributed by atoms with E-state index >= 15 is 0 Å². The molecule has 2 aromatic heterocycles. The summed E-state index contributed by atoms with van der Waals surface area (Å²) in [6, 6.07) is 5.71. The van der Waals surface area contributed by atoms with Crippen LogP contribution in [0.3, 0.4) is 0 Å². The van der Waals surface area contributed by atoms with Crippen LogP contribution in [0, 0.1) is 13.8 Å². The number of rotatable bonds is 4. The summed E-state index contributed by atoms with van der Waals surface area (Å²) in [5.74, 6) is 0.851. The molecular formula is C18H18N4O2. The van der Waals surface area contributed by atoms with Crippen LogP contribution in [0.1, 0.15) is 46.1 Å². The number of carbonyl (C=O) groups excluding carboxylic acids is 1. The molecule has 1 aliphatic rings. The van der Waals surface area contributed by atoms with Crippen LogP contribution in [-0.4, -0.2) is 21.1 Å². The van der Waals surface area contributed by atoms with Crippen LogP contribution >= 0.6 is 0 Å². The van der Waals surface area contributed by atoms with E-state index in [2.05, 4.69) is 20.5 Å². The summed E-state index contributed by atoms with van der Waals surface area (Å²) in [7, 11) is 0. The number of aromatic nitrogens is 3. The van der Waals surface area contributed by atoms with Gasteiger partial charge in [0.15, 0.2) is 0 Å². The summed E-state index contributed by atoms with van der Waals surface area (Å²) in [6.07, 6.45) is 5.43. The van der Waals surface area contributed by atoms with Crippen molar-refractivity contribution in [2.24, 2.45) is 0 Å². The second kappa shape index (κ2) is 5.63. The number of carbonyl (C=O) groups is 1. The highest BCUT2D eigenvalue weighted by molar-refractivity contribution is 6.05. The third kappa shape index (κ3) is 2.71. The number of nitrogens with zero attached hydrogens (tertiary/aromatic N) is 2. The molecule has 3 aromatic rings. The molecule has 122 valence electrons. The van der Waals surface area contributed by atoms with E-state index < -0.39 is 0 Å². The number of benzene rings is 1. The summed E-state index contributed by atoms with van der Waals surface area (Å²) in [4.78, 5) is 16.9. The molecule has 24 heavy (non-hydrogen) atoms. The normalized spacial score (nSPS) is 13.9. The van der Waals surface area contributed by atoms with E-state index in [-0.39, 0.29) is 5.91 Å². The fraction of sp³-hybridized carbons (Fsp3) is 0.278. The molecule has 0 aliphatic heterocycles. The monoisotopic (exact) mass is 322 g/mol. The van der Waals surface area contributed by atoms with Gasteiger partial charge in [0.1, 0.15) is 6.26 Å². The van der Waals surface area contributed by atoms with Crippen LogP contribution in [0.15, 0.2) is 35.1 Å². The molecule has 0 radical (unpaired) electrons. The molecule has 1 aromatic carbocycles. The zero-order valence-corrected chi connectivity index (χ0v) is 13.6. The molecule has 1 aliphatic carbocycles. The predicted octanol–water partition coefficient (Wildman–Crippen LogP) is 3.81. The minimum absolute atomic E-state index is 0.149. The van der Waals surface area contributed by atoms with Gasteiger partial charge in [-0.3, -0.25) is 9.89 Å². The summed E-state index contributed by atoms with van der Waals surface area (Å²) < 4.78 is 5.48. The average Bonchev–Trinajstić information content (AvgIpc) is 3.12. The first-order valence-electron chi connectivity index (χ1n) is 7.99. The number of aryl methyl sites for hydroxylation is 2. The van der Waals surface area contributed by atoms with Crippen molar-refractivity contribution in [1.29, 1.82) is 0 Å². The largest absolute Gasteiger partial charge is 0.444 e. The van der Waals surface area contributed by atoms with Crippen LogP contribution in [0.4, 0.5) is 5.69 Å². The maximum absolute atomic E-state index is 12.6. The van der Waals surface area contributed by atoms with Crippen LogP contribution in [0.25, 0.3) is 11.5 Å². The second-order valence-electron chi connectivity index (χ2n) is 6.25. The van der Waals surface area contributed by atoms with Gasteiger partial charge in [-0.25, -0.2) is 4.98 Å². The number of aromatic amines is 1. The van der Waals surface area contributed by atoms with E-state index in [0.717, 1.165) is 35.4 Å². The first-order chi connectivity index (χ1) is 11.6. The van der Waals surface area contributed by atoms with Gasteiger partial charge in [0.05, 0.1) is 23.1 Å². The lowest BCUT2D eigenvalue weighted by Crippen LogP contribution is -2.13. The van der Waals surface area contributed by atoms with Crippen molar-refractivity contribution in [1.82, 2.24) is 15.2 Å². The van der Waals surface area contributed by atoms with Gasteiger partial charge in [-0.2, -0.15) is 5.10 Å². The van der Waals surface area contributed by atoms with E-state index in [1.165, 1.54) is 0 Å². The number of H-pyrrole nitrogens is 1. The Morgan fingerprint density at radius 1 is 1.33 bits per heavy atom. The Kier molecular flexibility index (Phi) is 3.45. The van der Waals surface area contributed by atoms with Crippen molar-refractivity contribution in [3.8, 4) is 11.5 Å². The molecule has 1 fully saturated rings. The van der Waals surface area contributed by atoms with E-state index in [0.29, 0.717) is 23.1 Å². The van der Waals surface area contributed by atoms with Crippen molar-refractivity contribution in [3.63, 3.8) is 0 Å². The fourth-order valence-corrected chi connectivity index (χ4v) is 2.77. The zero-order valence-electron chi connectivity index (χ0n) is 13.6. The van der Waals surface area contributed by atoms with E-state index in [1.54, 1.807) is 12.5 Å². The number of oxazole rings is 1. The van der Waals surface area contributed by atoms with E-state index in [9.17, 15) is 4.79 Å². The second-order valence-corrected chi connectivity index (χ2v) is 6.25. The summed E-state index contributed by atoms with van der Waals surface area (Å²) in [5, 5.41) is 9.91. The Bertz CT molecular complexity index is 905. The smallest absolute Gasteiger partial charge is 0.259 e. The number of amides is 1. The Morgan fingerprint density at radius 2 is 2.17 bits per heavy atom. The lowest BCUT2D eigenvalue weighted by atomic mass is 10.1. The average molecular weight is 322 g/mol. The van der Waals surface area contributed by atoms with Crippen molar-refractivity contribution in [2.75, 3.05) is 5.32 Å². The van der Waals surface area contributed by atoms with Crippen molar-refractivity contribution >= 4 is 11.6 Å². The summed E-state index contributed by atoms with van der Waals surface area (Å²) in [5.41, 5.74) is 4.99. The van der Waals surface area contributed by atoms with Gasteiger partial charge in [0, 0.05) is 17.2 Å². The number of hydrogen-bond acceptors (Lipinski definition) is 4. The molecule has 0 atom stereocenters. The third-order valence-corrected chi connectivity index (χ3v) is 4.24. The molecule has 0 unspecified atom stereocenters. The topological polar surface area (TPSA) is 83.8 Å². The molecule has 0 bridgehead atoms. The minimum Gasteiger partial charge on any atom is -0.444 e. The Hall–Kier alpha value is -2.89. The van der Waals surface area contributed by atoms with Gasteiger partial charge in [-0.15, -0.1) is 0 Å². The van der Waals surface area contributed by atoms with Crippen LogP contribution in [-0.2, 0) is 0 Å². The van der Waals surface area contributed by atoms with E-state index in [4.69, 9.17) is 4.42 Å². The van der Waals surface area contributed by atoms with Gasteiger partial charge in [-0.05, 0) is 44.4 Å². The highest BCUT2D eigenvalue weighted by atomic mass is 16.3.